The van der Waals surface area contributed by atoms with E-state index in [1.54, 1.807) is 4.90 Å². The highest BCUT2D eigenvalue weighted by Gasteiger charge is 2.55. The van der Waals surface area contributed by atoms with Gasteiger partial charge >= 0.3 is 6.09 Å². The second-order valence-electron chi connectivity index (χ2n) is 12.4. The Morgan fingerprint density at radius 3 is 2.55 bits per heavy atom. The molecule has 2 aromatic rings. The van der Waals surface area contributed by atoms with Crippen molar-refractivity contribution < 1.29 is 24.2 Å². The molecule has 0 bridgehead atoms. The quantitative estimate of drug-likeness (QED) is 0.548. The molecular formula is C30H39N3O5. The highest BCUT2D eigenvalue weighted by Crippen LogP contribution is 2.54. The van der Waals surface area contributed by atoms with Gasteiger partial charge in [0.25, 0.3) is 0 Å². The van der Waals surface area contributed by atoms with Crippen LogP contribution >= 0.6 is 0 Å². The summed E-state index contributed by atoms with van der Waals surface area (Å²) in [6.45, 7) is 8.38. The van der Waals surface area contributed by atoms with Crippen LogP contribution in [0.3, 0.4) is 0 Å². The van der Waals surface area contributed by atoms with E-state index in [-0.39, 0.29) is 17.9 Å². The van der Waals surface area contributed by atoms with E-state index in [0.29, 0.717) is 32.4 Å². The van der Waals surface area contributed by atoms with Crippen molar-refractivity contribution in [1.82, 2.24) is 15.2 Å². The summed E-state index contributed by atoms with van der Waals surface area (Å²) in [5.41, 5.74) is 1.09. The van der Waals surface area contributed by atoms with E-state index >= 15 is 0 Å². The zero-order valence-corrected chi connectivity index (χ0v) is 22.9. The van der Waals surface area contributed by atoms with Crippen LogP contribution in [0.25, 0.3) is 10.9 Å². The molecule has 2 saturated heterocycles. The second kappa shape index (κ2) is 9.63. The van der Waals surface area contributed by atoms with Crippen LogP contribution in [0.4, 0.5) is 4.79 Å². The van der Waals surface area contributed by atoms with Crippen molar-refractivity contribution in [3.05, 3.63) is 41.1 Å². The van der Waals surface area contributed by atoms with Crippen LogP contribution in [0.2, 0.25) is 0 Å². The summed E-state index contributed by atoms with van der Waals surface area (Å²) in [5, 5.41) is 15.8. The molecule has 8 nitrogen and oxygen atoms in total. The average Bonchev–Trinajstić information content (AvgIpc) is 2.85. The Kier molecular flexibility index (Phi) is 6.74. The number of ether oxygens (including phenoxy) is 1. The first-order valence-corrected chi connectivity index (χ1v) is 13.9. The fourth-order valence-electron chi connectivity index (χ4n) is 6.76. The van der Waals surface area contributed by atoms with Crippen molar-refractivity contribution in [2.75, 3.05) is 13.1 Å². The maximum atomic E-state index is 13.0. The first-order valence-electron chi connectivity index (χ1n) is 13.9. The van der Waals surface area contributed by atoms with E-state index in [0.717, 1.165) is 59.8 Å². The number of aryl methyl sites for hydroxylation is 1. The number of carbonyl (C=O) groups excluding carboxylic acids is 3. The number of hydrogen-bond acceptors (Lipinski definition) is 6. The van der Waals surface area contributed by atoms with Gasteiger partial charge in [-0.25, -0.2) is 4.79 Å². The molecule has 2 unspecified atom stereocenters. The number of amides is 3. The Labute approximate surface area is 224 Å². The van der Waals surface area contributed by atoms with Crippen molar-refractivity contribution in [2.24, 2.45) is 5.41 Å². The number of pyridine rings is 1. The number of rotatable bonds is 2. The summed E-state index contributed by atoms with van der Waals surface area (Å²) in [5.74, 6) is -0.938. The van der Waals surface area contributed by atoms with Crippen LogP contribution in [-0.4, -0.2) is 51.6 Å². The molecule has 2 atom stereocenters. The van der Waals surface area contributed by atoms with E-state index < -0.39 is 22.5 Å². The predicted octanol–water partition coefficient (Wildman–Crippen LogP) is 4.84. The fraction of sp³-hybridized carbons (Fsp3) is 0.600. The molecule has 3 heterocycles. The van der Waals surface area contributed by atoms with E-state index in [1.807, 2.05) is 52.0 Å². The number of nitrogens with zero attached hydrogens (tertiary/aromatic N) is 2. The number of likely N-dealkylation sites (tertiary alicyclic amines) is 1. The molecule has 8 heteroatoms. The molecule has 1 aromatic heterocycles. The first-order chi connectivity index (χ1) is 17.9. The van der Waals surface area contributed by atoms with E-state index in [4.69, 9.17) is 9.72 Å². The van der Waals surface area contributed by atoms with Gasteiger partial charge in [-0.05, 0) is 82.7 Å². The van der Waals surface area contributed by atoms with Gasteiger partial charge in [-0.15, -0.1) is 0 Å². The molecule has 1 saturated carbocycles. The first kappa shape index (κ1) is 26.6. The maximum Gasteiger partial charge on any atom is 0.410 e. The Bertz CT molecular complexity index is 1280. The summed E-state index contributed by atoms with van der Waals surface area (Å²) in [7, 11) is 0. The number of imide groups is 1. The van der Waals surface area contributed by atoms with Crippen molar-refractivity contribution in [3.63, 3.8) is 0 Å². The van der Waals surface area contributed by atoms with Gasteiger partial charge < -0.3 is 14.7 Å². The second-order valence-corrected chi connectivity index (χ2v) is 12.4. The minimum atomic E-state index is -1.10. The zero-order valence-electron chi connectivity index (χ0n) is 22.9. The lowest BCUT2D eigenvalue weighted by molar-refractivity contribution is -0.155. The molecule has 5 rings (SSSR count). The number of aromatic nitrogens is 1. The van der Waals surface area contributed by atoms with Gasteiger partial charge in [0, 0.05) is 36.0 Å². The lowest BCUT2D eigenvalue weighted by Crippen LogP contribution is -2.60. The molecule has 1 spiro atoms. The number of benzene rings is 1. The van der Waals surface area contributed by atoms with Crippen LogP contribution in [0.1, 0.15) is 94.9 Å². The topological polar surface area (TPSA) is 109 Å². The number of nitrogens with one attached hydrogen (secondary N) is 1. The third-order valence-electron chi connectivity index (χ3n) is 8.71. The molecule has 204 valence electrons. The smallest absolute Gasteiger partial charge is 0.410 e. The minimum Gasteiger partial charge on any atom is -0.444 e. The normalized spacial score (nSPS) is 25.9. The molecule has 2 N–H and O–H groups in total. The van der Waals surface area contributed by atoms with E-state index in [1.165, 1.54) is 0 Å². The van der Waals surface area contributed by atoms with Gasteiger partial charge in [0.2, 0.25) is 11.8 Å². The third-order valence-corrected chi connectivity index (χ3v) is 8.71. The van der Waals surface area contributed by atoms with E-state index in [2.05, 4.69) is 5.32 Å². The number of aliphatic hydroxyl groups is 1. The van der Waals surface area contributed by atoms with E-state index in [9.17, 15) is 19.5 Å². The van der Waals surface area contributed by atoms with Gasteiger partial charge in [0.1, 0.15) is 5.60 Å². The van der Waals surface area contributed by atoms with Crippen molar-refractivity contribution in [3.8, 4) is 0 Å². The van der Waals surface area contributed by atoms with Crippen LogP contribution in [0.15, 0.2) is 24.3 Å². The van der Waals surface area contributed by atoms with Crippen molar-refractivity contribution in [2.45, 2.75) is 96.2 Å². The Morgan fingerprint density at radius 2 is 1.87 bits per heavy atom. The fourth-order valence-corrected chi connectivity index (χ4v) is 6.76. The molecule has 0 radical (unpaired) electrons. The molecule has 1 aliphatic carbocycles. The molecule has 2 aliphatic heterocycles. The highest BCUT2D eigenvalue weighted by atomic mass is 16.6. The monoisotopic (exact) mass is 521 g/mol. The highest BCUT2D eigenvalue weighted by molar-refractivity contribution is 6.01. The lowest BCUT2D eigenvalue weighted by atomic mass is 9.58. The SMILES string of the molecule is Cc1nc2ccc(C3(O)CCN(C(=O)OC(C)(C)C)CC34CCCCC4)cc2cc1C1CCC(=O)NC1=O. The molecule has 1 aromatic carbocycles. The molecule has 38 heavy (non-hydrogen) atoms. The van der Waals surface area contributed by atoms with Crippen LogP contribution in [0.5, 0.6) is 0 Å². The summed E-state index contributed by atoms with van der Waals surface area (Å²) >= 11 is 0. The number of fused-ring (bicyclic) bond motifs is 1. The molecule has 3 fully saturated rings. The average molecular weight is 522 g/mol. The van der Waals surface area contributed by atoms with Crippen LogP contribution in [0, 0.1) is 12.3 Å². The Hall–Kier alpha value is -3.00. The van der Waals surface area contributed by atoms with Crippen molar-refractivity contribution >= 4 is 28.8 Å². The minimum absolute atomic E-state index is 0.238. The Balaban J connectivity index is 1.51. The van der Waals surface area contributed by atoms with Gasteiger partial charge in [0.05, 0.1) is 17.0 Å². The zero-order chi connectivity index (χ0) is 27.3. The van der Waals surface area contributed by atoms with Gasteiger partial charge in [-0.3, -0.25) is 19.9 Å². The molecule has 3 aliphatic rings. The van der Waals surface area contributed by atoms with Crippen molar-refractivity contribution in [1.29, 1.82) is 0 Å². The standard InChI is InChI=1S/C30H39N3O5/c1-19-23(22-9-11-25(34)32-26(22)35)17-20-16-21(8-10-24(20)31-19)30(37)14-15-33(27(36)38-28(2,3)4)18-29(30)12-6-5-7-13-29/h8,10,16-17,22,37H,5-7,9,11-15,18H2,1-4H3,(H,32,34,35). The van der Waals surface area contributed by atoms with Gasteiger partial charge in [-0.1, -0.05) is 25.3 Å². The van der Waals surface area contributed by atoms with Gasteiger partial charge in [0.15, 0.2) is 0 Å². The Morgan fingerprint density at radius 1 is 1.13 bits per heavy atom. The lowest BCUT2D eigenvalue weighted by Gasteiger charge is -2.55. The summed E-state index contributed by atoms with van der Waals surface area (Å²) in [4.78, 5) is 43.8. The summed E-state index contributed by atoms with van der Waals surface area (Å²) in [6, 6.07) is 7.92. The maximum absolute atomic E-state index is 13.0. The number of piperidine rings is 2. The van der Waals surface area contributed by atoms with Crippen LogP contribution < -0.4 is 5.32 Å². The molecular weight excluding hydrogens is 482 g/mol. The summed E-state index contributed by atoms with van der Waals surface area (Å²) < 4.78 is 5.68. The number of carbonyl (C=O) groups is 3. The number of hydrogen-bond donors (Lipinski definition) is 2. The largest absolute Gasteiger partial charge is 0.444 e. The predicted molar refractivity (Wildman–Crippen MR) is 143 cm³/mol. The van der Waals surface area contributed by atoms with Gasteiger partial charge in [-0.2, -0.15) is 0 Å². The van der Waals surface area contributed by atoms with Crippen LogP contribution in [-0.2, 0) is 19.9 Å². The summed E-state index contributed by atoms with van der Waals surface area (Å²) in [6.07, 6.45) is 5.71. The third kappa shape index (κ3) is 4.79. The molecule has 3 amide bonds.